The molecule has 0 spiro atoms. The van der Waals surface area contributed by atoms with Crippen molar-refractivity contribution in [3.63, 3.8) is 0 Å². The Morgan fingerprint density at radius 3 is 2.56 bits per heavy atom. The van der Waals surface area contributed by atoms with Crippen LogP contribution in [0.25, 0.3) is 10.9 Å². The van der Waals surface area contributed by atoms with Gasteiger partial charge in [-0.05, 0) is 49.3 Å². The van der Waals surface area contributed by atoms with Crippen LogP contribution in [0.3, 0.4) is 0 Å². The summed E-state index contributed by atoms with van der Waals surface area (Å²) in [6, 6.07) is 10.2. The van der Waals surface area contributed by atoms with E-state index >= 15 is 0 Å². The highest BCUT2D eigenvalue weighted by molar-refractivity contribution is 7.71. The third-order valence-electron chi connectivity index (χ3n) is 4.82. The average molecular weight is 461 g/mol. The molecule has 168 valence electrons. The molecule has 10 heteroatoms. The van der Waals surface area contributed by atoms with Crippen molar-refractivity contribution in [1.29, 1.82) is 0 Å². The smallest absolute Gasteiger partial charge is 0.262 e. The summed E-state index contributed by atoms with van der Waals surface area (Å²) in [5, 5.41) is 5.43. The number of aromatic nitrogens is 2. The largest absolute Gasteiger partial charge is 0.347 e. The third-order valence-corrected chi connectivity index (χ3v) is 5.15. The molecule has 0 atom stereocenters. The number of hydrogen-bond donors (Lipinski definition) is 3. The van der Waals surface area contributed by atoms with Crippen LogP contribution in [0.1, 0.15) is 25.7 Å². The third kappa shape index (κ3) is 6.07. The zero-order valence-electron chi connectivity index (χ0n) is 17.1. The number of nitrogens with zero attached hydrogens (tertiary/aromatic N) is 1. The highest BCUT2D eigenvalue weighted by Crippen LogP contribution is 2.13. The van der Waals surface area contributed by atoms with Crippen LogP contribution in [-0.2, 0) is 16.1 Å². The second kappa shape index (κ2) is 10.8. The van der Waals surface area contributed by atoms with Crippen molar-refractivity contribution in [2.75, 3.05) is 11.9 Å². The number of nitrogens with one attached hydrogen (secondary N) is 3. The molecule has 0 unspecified atom stereocenters. The minimum atomic E-state index is -1.07. The van der Waals surface area contributed by atoms with Crippen LogP contribution < -0.4 is 16.2 Å². The molecule has 2 aromatic carbocycles. The molecular weight excluding hydrogens is 438 g/mol. The number of fused-ring (bicyclic) bond motifs is 1. The first-order valence-corrected chi connectivity index (χ1v) is 10.5. The van der Waals surface area contributed by atoms with Crippen molar-refractivity contribution >= 4 is 40.6 Å². The summed E-state index contributed by atoms with van der Waals surface area (Å²) in [5.41, 5.74) is 0.656. The van der Waals surface area contributed by atoms with E-state index in [4.69, 9.17) is 12.2 Å². The first-order chi connectivity index (χ1) is 15.3. The molecule has 1 aromatic heterocycles. The molecule has 0 saturated carbocycles. The summed E-state index contributed by atoms with van der Waals surface area (Å²) in [4.78, 5) is 39.3. The molecule has 3 aromatic rings. The topological polar surface area (TPSA) is 96.0 Å². The molecular formula is C22H22F2N4O3S. The standard InChI is InChI=1S/C22H22F2N4O3S/c23-16-10-9-14(12-17(16)24)26-20(30)13-25-19(29)8-2-1-5-11-28-21(31)15-6-3-4-7-18(15)27-22(28)32/h3-4,6-7,9-10,12H,1-2,5,8,11,13H2,(H,25,29)(H,26,30)(H,27,32). The fraction of sp³-hybridized carbons (Fsp3) is 0.273. The Balaban J connectivity index is 1.38. The summed E-state index contributed by atoms with van der Waals surface area (Å²) in [7, 11) is 0. The van der Waals surface area contributed by atoms with E-state index < -0.39 is 17.5 Å². The molecule has 0 aliphatic rings. The van der Waals surface area contributed by atoms with Gasteiger partial charge in [-0.1, -0.05) is 18.6 Å². The van der Waals surface area contributed by atoms with E-state index in [0.717, 1.165) is 12.1 Å². The van der Waals surface area contributed by atoms with E-state index in [1.54, 1.807) is 18.2 Å². The fourth-order valence-electron chi connectivity index (χ4n) is 3.18. The first kappa shape index (κ1) is 23.3. The van der Waals surface area contributed by atoms with Crippen LogP contribution in [-0.4, -0.2) is 27.9 Å². The molecule has 3 N–H and O–H groups in total. The summed E-state index contributed by atoms with van der Waals surface area (Å²) < 4.78 is 27.9. The van der Waals surface area contributed by atoms with Crippen molar-refractivity contribution in [2.24, 2.45) is 0 Å². The number of carbonyl (C=O) groups excluding carboxylic acids is 2. The summed E-state index contributed by atoms with van der Waals surface area (Å²) in [5.74, 6) is -2.93. The van der Waals surface area contributed by atoms with Gasteiger partial charge in [0.15, 0.2) is 16.4 Å². The van der Waals surface area contributed by atoms with Crippen LogP contribution in [0.15, 0.2) is 47.3 Å². The van der Waals surface area contributed by atoms with Gasteiger partial charge in [-0.25, -0.2) is 8.78 Å². The van der Waals surface area contributed by atoms with Crippen LogP contribution in [0.5, 0.6) is 0 Å². The summed E-state index contributed by atoms with van der Waals surface area (Å²) >= 11 is 5.27. The Bertz CT molecular complexity index is 1260. The lowest BCUT2D eigenvalue weighted by molar-refractivity contribution is -0.124. The van der Waals surface area contributed by atoms with Gasteiger partial charge in [0, 0.05) is 24.7 Å². The maximum Gasteiger partial charge on any atom is 0.262 e. The van der Waals surface area contributed by atoms with Gasteiger partial charge in [-0.15, -0.1) is 0 Å². The summed E-state index contributed by atoms with van der Waals surface area (Å²) in [6.07, 6.45) is 2.16. The Labute approximate surface area is 187 Å². The van der Waals surface area contributed by atoms with Gasteiger partial charge in [-0.2, -0.15) is 0 Å². The Hall–Kier alpha value is -3.40. The van der Waals surface area contributed by atoms with E-state index in [2.05, 4.69) is 15.6 Å². The van der Waals surface area contributed by atoms with Crippen molar-refractivity contribution in [2.45, 2.75) is 32.2 Å². The average Bonchev–Trinajstić information content (AvgIpc) is 2.76. The molecule has 0 aliphatic carbocycles. The van der Waals surface area contributed by atoms with E-state index in [0.29, 0.717) is 41.5 Å². The number of para-hydroxylation sites is 1. The van der Waals surface area contributed by atoms with Crippen molar-refractivity contribution in [3.8, 4) is 0 Å². The number of amides is 2. The lowest BCUT2D eigenvalue weighted by Gasteiger charge is -2.09. The van der Waals surface area contributed by atoms with Gasteiger partial charge in [0.05, 0.1) is 17.4 Å². The molecule has 0 fully saturated rings. The molecule has 3 rings (SSSR count). The fourth-order valence-corrected chi connectivity index (χ4v) is 3.46. The van der Waals surface area contributed by atoms with E-state index in [-0.39, 0.29) is 30.1 Å². The minimum absolute atomic E-state index is 0.102. The van der Waals surface area contributed by atoms with Crippen LogP contribution in [0.4, 0.5) is 14.5 Å². The van der Waals surface area contributed by atoms with Crippen molar-refractivity contribution in [1.82, 2.24) is 14.9 Å². The number of H-pyrrole nitrogens is 1. The predicted molar refractivity (Wildman–Crippen MR) is 120 cm³/mol. The number of carbonyl (C=O) groups is 2. The SMILES string of the molecule is O=C(CCCCCn1c(=S)[nH]c2ccccc2c1=O)NCC(=O)Nc1ccc(F)c(F)c1. The number of benzene rings is 2. The molecule has 1 heterocycles. The van der Waals surface area contributed by atoms with Gasteiger partial charge >= 0.3 is 0 Å². The van der Waals surface area contributed by atoms with Crippen molar-refractivity contribution in [3.05, 3.63) is 69.2 Å². The second-order valence-electron chi connectivity index (χ2n) is 7.20. The molecule has 32 heavy (non-hydrogen) atoms. The van der Waals surface area contributed by atoms with Crippen LogP contribution >= 0.6 is 12.2 Å². The van der Waals surface area contributed by atoms with Gasteiger partial charge in [0.25, 0.3) is 5.56 Å². The second-order valence-corrected chi connectivity index (χ2v) is 7.58. The first-order valence-electron chi connectivity index (χ1n) is 10.1. The molecule has 7 nitrogen and oxygen atoms in total. The Morgan fingerprint density at radius 2 is 1.78 bits per heavy atom. The number of unbranched alkanes of at least 4 members (excludes halogenated alkanes) is 2. The lowest BCUT2D eigenvalue weighted by atomic mass is 10.2. The Morgan fingerprint density at radius 1 is 1.00 bits per heavy atom. The maximum absolute atomic E-state index is 13.1. The maximum atomic E-state index is 13.1. The van der Waals surface area contributed by atoms with E-state index in [1.807, 2.05) is 6.07 Å². The zero-order chi connectivity index (χ0) is 23.1. The predicted octanol–water partition coefficient (Wildman–Crippen LogP) is 3.65. The lowest BCUT2D eigenvalue weighted by Crippen LogP contribution is -2.32. The van der Waals surface area contributed by atoms with Gasteiger partial charge in [-0.3, -0.25) is 19.0 Å². The van der Waals surface area contributed by atoms with Crippen molar-refractivity contribution < 1.29 is 18.4 Å². The molecule has 2 amide bonds. The molecule has 0 radical (unpaired) electrons. The number of rotatable bonds is 9. The highest BCUT2D eigenvalue weighted by atomic mass is 32.1. The van der Waals surface area contributed by atoms with E-state index in [1.165, 1.54) is 10.6 Å². The molecule has 0 bridgehead atoms. The van der Waals surface area contributed by atoms with Crippen LogP contribution in [0.2, 0.25) is 0 Å². The minimum Gasteiger partial charge on any atom is -0.347 e. The monoisotopic (exact) mass is 460 g/mol. The Kier molecular flexibility index (Phi) is 7.82. The zero-order valence-corrected chi connectivity index (χ0v) is 17.9. The summed E-state index contributed by atoms with van der Waals surface area (Å²) in [6.45, 7) is 0.163. The van der Waals surface area contributed by atoms with Gasteiger partial charge in [0.2, 0.25) is 11.8 Å². The van der Waals surface area contributed by atoms with Crippen LogP contribution in [0, 0.1) is 16.4 Å². The number of hydrogen-bond acceptors (Lipinski definition) is 4. The number of halogens is 2. The number of aromatic amines is 1. The highest BCUT2D eigenvalue weighted by Gasteiger charge is 2.09. The molecule has 0 saturated heterocycles. The molecule has 0 aliphatic heterocycles. The quantitative estimate of drug-likeness (QED) is 0.336. The van der Waals surface area contributed by atoms with Gasteiger partial charge in [0.1, 0.15) is 0 Å². The number of anilines is 1. The van der Waals surface area contributed by atoms with E-state index in [9.17, 15) is 23.2 Å². The van der Waals surface area contributed by atoms with Gasteiger partial charge < -0.3 is 15.6 Å². The normalized spacial score (nSPS) is 10.8.